The normalized spacial score (nSPS) is 18.7. The van der Waals surface area contributed by atoms with E-state index in [2.05, 4.69) is 10.1 Å². The molecule has 5 heteroatoms. The number of benzene rings is 1. The number of aliphatic hydroxyl groups is 1. The first-order valence-corrected chi connectivity index (χ1v) is 6.48. The van der Waals surface area contributed by atoms with Crippen LogP contribution in [0.3, 0.4) is 0 Å². The van der Waals surface area contributed by atoms with Gasteiger partial charge in [0.05, 0.1) is 11.6 Å². The molecule has 1 N–H and O–H groups in total. The monoisotopic (exact) mass is 263 g/mol. The highest BCUT2D eigenvalue weighted by atomic mass is 35.5. The summed E-state index contributed by atoms with van der Waals surface area (Å²) in [6.45, 7) is 0.990. The summed E-state index contributed by atoms with van der Waals surface area (Å²) in [4.78, 5) is 4.54. The summed E-state index contributed by atoms with van der Waals surface area (Å²) < 4.78 is 1.89. The Morgan fingerprint density at radius 2 is 2.22 bits per heavy atom. The van der Waals surface area contributed by atoms with E-state index in [1.807, 2.05) is 28.9 Å². The van der Waals surface area contributed by atoms with Crippen molar-refractivity contribution in [2.24, 2.45) is 0 Å². The molecule has 0 bridgehead atoms. The predicted molar refractivity (Wildman–Crippen MR) is 69.5 cm³/mol. The molecule has 2 heterocycles. The number of aliphatic hydroxyl groups excluding tert-OH is 1. The number of aryl methyl sites for hydroxylation is 1. The van der Waals surface area contributed by atoms with Crippen molar-refractivity contribution in [2.45, 2.75) is 25.3 Å². The summed E-state index contributed by atoms with van der Waals surface area (Å²) in [7, 11) is 0. The van der Waals surface area contributed by atoms with Gasteiger partial charge in [-0.1, -0.05) is 23.7 Å². The highest BCUT2D eigenvalue weighted by Gasteiger charge is 2.24. The van der Waals surface area contributed by atoms with Gasteiger partial charge < -0.3 is 5.11 Å². The van der Waals surface area contributed by atoms with Crippen molar-refractivity contribution < 1.29 is 5.11 Å². The molecule has 0 amide bonds. The lowest BCUT2D eigenvalue weighted by Crippen LogP contribution is -2.19. The first-order valence-electron chi connectivity index (χ1n) is 6.10. The van der Waals surface area contributed by atoms with Crippen molar-refractivity contribution in [3.8, 4) is 11.4 Å². The third-order valence-corrected chi connectivity index (χ3v) is 3.65. The van der Waals surface area contributed by atoms with Gasteiger partial charge in [-0.25, -0.2) is 9.67 Å². The Balaban J connectivity index is 2.05. The minimum Gasteiger partial charge on any atom is -0.396 e. The molecule has 1 unspecified atom stereocenters. The molecule has 1 atom stereocenters. The van der Waals surface area contributed by atoms with Gasteiger partial charge >= 0.3 is 0 Å². The largest absolute Gasteiger partial charge is 0.396 e. The minimum absolute atomic E-state index is 0.0995. The molecule has 1 aromatic heterocycles. The van der Waals surface area contributed by atoms with E-state index < -0.39 is 0 Å². The zero-order chi connectivity index (χ0) is 12.5. The zero-order valence-corrected chi connectivity index (χ0v) is 10.6. The fourth-order valence-electron chi connectivity index (χ4n) is 2.37. The van der Waals surface area contributed by atoms with Crippen LogP contribution in [0.25, 0.3) is 11.4 Å². The SMILES string of the molecule is OCC1CCCn2nc(-c3ccccc3Cl)nc21. The summed E-state index contributed by atoms with van der Waals surface area (Å²) in [6.07, 6.45) is 2.00. The topological polar surface area (TPSA) is 50.9 Å². The average molecular weight is 264 g/mol. The van der Waals surface area contributed by atoms with E-state index in [0.717, 1.165) is 30.8 Å². The number of nitrogens with zero attached hydrogens (tertiary/aromatic N) is 3. The molecule has 0 aliphatic carbocycles. The summed E-state index contributed by atoms with van der Waals surface area (Å²) in [5.74, 6) is 1.62. The van der Waals surface area contributed by atoms with Crippen molar-refractivity contribution in [3.05, 3.63) is 35.1 Å². The van der Waals surface area contributed by atoms with Crippen LogP contribution in [0.15, 0.2) is 24.3 Å². The van der Waals surface area contributed by atoms with Gasteiger partial charge in [-0.15, -0.1) is 0 Å². The van der Waals surface area contributed by atoms with Crippen LogP contribution in [-0.4, -0.2) is 26.5 Å². The van der Waals surface area contributed by atoms with Crippen molar-refractivity contribution in [1.82, 2.24) is 14.8 Å². The molecule has 1 aromatic carbocycles. The molecule has 3 rings (SSSR count). The molecule has 0 radical (unpaired) electrons. The van der Waals surface area contributed by atoms with Gasteiger partial charge in [0.1, 0.15) is 5.82 Å². The van der Waals surface area contributed by atoms with Crippen molar-refractivity contribution in [2.75, 3.05) is 6.61 Å². The van der Waals surface area contributed by atoms with Crippen LogP contribution in [0.4, 0.5) is 0 Å². The van der Waals surface area contributed by atoms with E-state index in [9.17, 15) is 5.11 Å². The van der Waals surface area contributed by atoms with Gasteiger partial charge in [0, 0.05) is 18.0 Å². The van der Waals surface area contributed by atoms with Crippen LogP contribution in [-0.2, 0) is 6.54 Å². The lowest BCUT2D eigenvalue weighted by molar-refractivity contribution is 0.234. The summed E-state index contributed by atoms with van der Waals surface area (Å²) in [5.41, 5.74) is 0.845. The van der Waals surface area contributed by atoms with Gasteiger partial charge in [0.15, 0.2) is 5.82 Å². The molecule has 0 fully saturated rings. The molecule has 0 spiro atoms. The predicted octanol–water partition coefficient (Wildman–Crippen LogP) is 2.47. The number of hydrogen-bond donors (Lipinski definition) is 1. The van der Waals surface area contributed by atoms with E-state index in [4.69, 9.17) is 11.6 Å². The fourth-order valence-corrected chi connectivity index (χ4v) is 2.59. The Morgan fingerprint density at radius 1 is 1.39 bits per heavy atom. The molecular formula is C13H14ClN3O. The second kappa shape index (κ2) is 4.71. The van der Waals surface area contributed by atoms with Crippen LogP contribution in [0.2, 0.25) is 5.02 Å². The third kappa shape index (κ3) is 1.91. The van der Waals surface area contributed by atoms with Crippen molar-refractivity contribution in [1.29, 1.82) is 0 Å². The average Bonchev–Trinajstić information content (AvgIpc) is 2.82. The first-order chi connectivity index (χ1) is 8.79. The summed E-state index contributed by atoms with van der Waals surface area (Å²) in [5, 5.41) is 14.5. The van der Waals surface area contributed by atoms with Gasteiger partial charge in [0.2, 0.25) is 0 Å². The maximum absolute atomic E-state index is 9.37. The molecule has 18 heavy (non-hydrogen) atoms. The lowest BCUT2D eigenvalue weighted by atomic mass is 10.0. The molecule has 0 saturated heterocycles. The number of rotatable bonds is 2. The van der Waals surface area contributed by atoms with Crippen molar-refractivity contribution in [3.63, 3.8) is 0 Å². The highest BCUT2D eigenvalue weighted by Crippen LogP contribution is 2.30. The van der Waals surface area contributed by atoms with Crippen LogP contribution < -0.4 is 0 Å². The Kier molecular flexibility index (Phi) is 3.06. The molecule has 1 aliphatic rings. The van der Waals surface area contributed by atoms with E-state index in [0.29, 0.717) is 10.8 Å². The molecule has 4 nitrogen and oxygen atoms in total. The lowest BCUT2D eigenvalue weighted by Gasteiger charge is -2.19. The Morgan fingerprint density at radius 3 is 3.00 bits per heavy atom. The number of aromatic nitrogens is 3. The maximum Gasteiger partial charge on any atom is 0.182 e. The van der Waals surface area contributed by atoms with Crippen LogP contribution in [0.5, 0.6) is 0 Å². The Bertz CT molecular complexity index is 567. The summed E-state index contributed by atoms with van der Waals surface area (Å²) in [6, 6.07) is 7.56. The van der Waals surface area contributed by atoms with E-state index >= 15 is 0 Å². The van der Waals surface area contributed by atoms with E-state index in [-0.39, 0.29) is 12.5 Å². The van der Waals surface area contributed by atoms with Crippen LogP contribution in [0, 0.1) is 0 Å². The minimum atomic E-state index is 0.0995. The number of fused-ring (bicyclic) bond motifs is 1. The summed E-state index contributed by atoms with van der Waals surface area (Å²) >= 11 is 6.15. The number of halogens is 1. The second-order valence-electron chi connectivity index (χ2n) is 4.52. The molecule has 2 aromatic rings. The first kappa shape index (κ1) is 11.7. The van der Waals surface area contributed by atoms with Gasteiger partial charge in [-0.05, 0) is 25.0 Å². The molecular weight excluding hydrogens is 250 g/mol. The standard InChI is InChI=1S/C13H14ClN3O/c14-11-6-2-1-5-10(11)12-15-13-9(8-18)4-3-7-17(13)16-12/h1-2,5-6,9,18H,3-4,7-8H2. The van der Waals surface area contributed by atoms with Gasteiger partial charge in [0.25, 0.3) is 0 Å². The third-order valence-electron chi connectivity index (χ3n) is 3.32. The van der Waals surface area contributed by atoms with E-state index in [1.165, 1.54) is 0 Å². The number of hydrogen-bond acceptors (Lipinski definition) is 3. The fraction of sp³-hybridized carbons (Fsp3) is 0.385. The maximum atomic E-state index is 9.37. The Hall–Kier alpha value is -1.39. The van der Waals surface area contributed by atoms with E-state index in [1.54, 1.807) is 0 Å². The molecule has 1 aliphatic heterocycles. The van der Waals surface area contributed by atoms with Gasteiger partial charge in [-0.2, -0.15) is 5.10 Å². The second-order valence-corrected chi connectivity index (χ2v) is 4.93. The molecule has 0 saturated carbocycles. The van der Waals surface area contributed by atoms with Crippen LogP contribution in [0.1, 0.15) is 24.6 Å². The van der Waals surface area contributed by atoms with Crippen LogP contribution >= 0.6 is 11.6 Å². The highest BCUT2D eigenvalue weighted by molar-refractivity contribution is 6.33. The van der Waals surface area contributed by atoms with Crippen molar-refractivity contribution >= 4 is 11.6 Å². The quantitative estimate of drug-likeness (QED) is 0.906. The molecule has 94 valence electrons. The Labute approximate surface area is 110 Å². The van der Waals surface area contributed by atoms with Gasteiger partial charge in [-0.3, -0.25) is 0 Å². The smallest absolute Gasteiger partial charge is 0.182 e. The zero-order valence-electron chi connectivity index (χ0n) is 9.88.